The fourth-order valence-electron chi connectivity index (χ4n) is 1.04. The Bertz CT molecular complexity index is 463. The number of aliphatic carboxylic acids is 2. The van der Waals surface area contributed by atoms with Crippen LogP contribution in [-0.4, -0.2) is 22.2 Å². The highest BCUT2D eigenvalue weighted by atomic mass is 16.4. The van der Waals surface area contributed by atoms with Crippen LogP contribution in [0, 0.1) is 0 Å². The fourth-order valence-corrected chi connectivity index (χ4v) is 1.04. The van der Waals surface area contributed by atoms with Crippen LogP contribution in [-0.2, 0) is 9.59 Å². The molecule has 0 aliphatic rings. The number of para-hydroxylation sites is 1. The minimum atomic E-state index is -1.20. The molecule has 17 heavy (non-hydrogen) atoms. The van der Waals surface area contributed by atoms with Crippen molar-refractivity contribution in [1.82, 2.24) is 0 Å². The summed E-state index contributed by atoms with van der Waals surface area (Å²) >= 11 is 0. The molecule has 5 nitrogen and oxygen atoms in total. The van der Waals surface area contributed by atoms with Crippen LogP contribution < -0.4 is 5.32 Å². The molecule has 1 aromatic carbocycles. The number of anilines is 1. The van der Waals surface area contributed by atoms with Crippen molar-refractivity contribution < 1.29 is 19.8 Å². The van der Waals surface area contributed by atoms with Crippen molar-refractivity contribution in [2.45, 2.75) is 0 Å². The van der Waals surface area contributed by atoms with Gasteiger partial charge in [0.2, 0.25) is 0 Å². The van der Waals surface area contributed by atoms with Gasteiger partial charge < -0.3 is 15.5 Å². The normalized spacial score (nSPS) is 11.4. The molecular formula is C12H11NO4. The largest absolute Gasteiger partial charge is 0.478 e. The van der Waals surface area contributed by atoms with E-state index in [0.29, 0.717) is 0 Å². The Balaban J connectivity index is 2.78. The highest BCUT2D eigenvalue weighted by Crippen LogP contribution is 2.06. The van der Waals surface area contributed by atoms with E-state index in [9.17, 15) is 9.59 Å². The zero-order valence-corrected chi connectivity index (χ0v) is 8.83. The Hall–Kier alpha value is -2.56. The minimum Gasteiger partial charge on any atom is -0.478 e. The number of hydrogen-bond acceptors (Lipinski definition) is 3. The second-order valence-electron chi connectivity index (χ2n) is 3.09. The van der Waals surface area contributed by atoms with Crippen LogP contribution in [0.2, 0.25) is 0 Å². The summed E-state index contributed by atoms with van der Waals surface area (Å²) in [7, 11) is 0. The molecule has 0 aliphatic heterocycles. The maximum Gasteiger partial charge on any atom is 0.337 e. The second-order valence-corrected chi connectivity index (χ2v) is 3.09. The van der Waals surface area contributed by atoms with Crippen LogP contribution >= 0.6 is 0 Å². The van der Waals surface area contributed by atoms with E-state index in [4.69, 9.17) is 10.2 Å². The summed E-state index contributed by atoms with van der Waals surface area (Å²) in [5.41, 5.74) is 0.575. The Morgan fingerprint density at radius 2 is 1.71 bits per heavy atom. The van der Waals surface area contributed by atoms with E-state index < -0.39 is 11.9 Å². The topological polar surface area (TPSA) is 86.6 Å². The maximum atomic E-state index is 10.8. The van der Waals surface area contributed by atoms with Crippen molar-refractivity contribution in [3.05, 3.63) is 54.3 Å². The predicted octanol–water partition coefficient (Wildman–Crippen LogP) is 1.71. The molecule has 0 aliphatic carbocycles. The summed E-state index contributed by atoms with van der Waals surface area (Å²) in [4.78, 5) is 21.1. The van der Waals surface area contributed by atoms with E-state index in [1.54, 1.807) is 24.3 Å². The molecule has 1 aromatic rings. The molecule has 0 unspecified atom stereocenters. The van der Waals surface area contributed by atoms with E-state index in [0.717, 1.165) is 17.8 Å². The van der Waals surface area contributed by atoms with Gasteiger partial charge in [0.25, 0.3) is 0 Å². The molecule has 0 saturated heterocycles. The fraction of sp³-hybridized carbons (Fsp3) is 0. The van der Waals surface area contributed by atoms with E-state index >= 15 is 0 Å². The molecule has 1 rings (SSSR count). The van der Waals surface area contributed by atoms with Gasteiger partial charge >= 0.3 is 11.9 Å². The van der Waals surface area contributed by atoms with Crippen molar-refractivity contribution in [1.29, 1.82) is 0 Å². The van der Waals surface area contributed by atoms with Crippen LogP contribution in [0.1, 0.15) is 0 Å². The standard InChI is InChI=1S/C12H11NO4/c14-11(15)7-6-9(12(16)17)8-13-10-4-2-1-3-5-10/h1-8,13H,(H,14,15)(H,16,17)/b7-6+,9-8+. The molecule has 0 bridgehead atoms. The van der Waals surface area contributed by atoms with Crippen LogP contribution in [0.3, 0.4) is 0 Å². The number of hydrogen-bond donors (Lipinski definition) is 3. The Morgan fingerprint density at radius 1 is 1.06 bits per heavy atom. The summed E-state index contributed by atoms with van der Waals surface area (Å²) in [6.07, 6.45) is 3.02. The van der Waals surface area contributed by atoms with Gasteiger partial charge in [-0.15, -0.1) is 0 Å². The second kappa shape index (κ2) is 6.12. The third-order valence-electron chi connectivity index (χ3n) is 1.82. The number of carboxylic acid groups (broad SMARTS) is 2. The monoisotopic (exact) mass is 233 g/mol. The molecule has 88 valence electrons. The van der Waals surface area contributed by atoms with E-state index in [1.165, 1.54) is 6.20 Å². The molecule has 0 heterocycles. The first kappa shape index (κ1) is 12.5. The average molecular weight is 233 g/mol. The Kier molecular flexibility index (Phi) is 4.50. The SMILES string of the molecule is O=C(O)/C=C/C(=C\Nc1ccccc1)C(=O)O. The van der Waals surface area contributed by atoms with Gasteiger partial charge in [0.05, 0.1) is 5.57 Å². The Morgan fingerprint density at radius 3 is 2.24 bits per heavy atom. The molecule has 0 saturated carbocycles. The first-order valence-corrected chi connectivity index (χ1v) is 4.75. The summed E-state index contributed by atoms with van der Waals surface area (Å²) in [6, 6.07) is 8.94. The quantitative estimate of drug-likeness (QED) is 0.532. The highest BCUT2D eigenvalue weighted by Gasteiger charge is 2.03. The number of carbonyl (C=O) groups is 2. The zero-order chi connectivity index (χ0) is 12.7. The van der Waals surface area contributed by atoms with Gasteiger partial charge in [0.1, 0.15) is 0 Å². The smallest absolute Gasteiger partial charge is 0.337 e. The molecule has 3 N–H and O–H groups in total. The maximum absolute atomic E-state index is 10.8. The van der Waals surface area contributed by atoms with E-state index in [2.05, 4.69) is 5.32 Å². The number of rotatable bonds is 5. The molecule has 0 radical (unpaired) electrons. The molecule has 0 aromatic heterocycles. The van der Waals surface area contributed by atoms with Gasteiger partial charge in [-0.2, -0.15) is 0 Å². The lowest BCUT2D eigenvalue weighted by molar-refractivity contribution is -0.132. The van der Waals surface area contributed by atoms with Crippen molar-refractivity contribution >= 4 is 17.6 Å². The van der Waals surface area contributed by atoms with Gasteiger partial charge in [-0.3, -0.25) is 0 Å². The van der Waals surface area contributed by atoms with E-state index in [1.807, 2.05) is 6.07 Å². The number of carboxylic acids is 2. The lowest BCUT2D eigenvalue weighted by Gasteiger charge is -2.00. The number of nitrogens with one attached hydrogen (secondary N) is 1. The van der Waals surface area contributed by atoms with Crippen LogP contribution in [0.5, 0.6) is 0 Å². The van der Waals surface area contributed by atoms with Crippen LogP contribution in [0.25, 0.3) is 0 Å². The third-order valence-corrected chi connectivity index (χ3v) is 1.82. The summed E-state index contributed by atoms with van der Waals surface area (Å²) in [6.45, 7) is 0. The lowest BCUT2D eigenvalue weighted by atomic mass is 10.2. The van der Waals surface area contributed by atoms with Crippen molar-refractivity contribution in [2.24, 2.45) is 0 Å². The molecule has 0 fully saturated rings. The minimum absolute atomic E-state index is 0.142. The molecule has 0 atom stereocenters. The van der Waals surface area contributed by atoms with Gasteiger partial charge in [-0.25, -0.2) is 9.59 Å². The highest BCUT2D eigenvalue weighted by molar-refractivity contribution is 5.92. The lowest BCUT2D eigenvalue weighted by Crippen LogP contribution is -2.02. The molecule has 5 heteroatoms. The molecule has 0 amide bonds. The van der Waals surface area contributed by atoms with Crippen molar-refractivity contribution in [2.75, 3.05) is 5.32 Å². The third kappa shape index (κ3) is 4.65. The van der Waals surface area contributed by atoms with Crippen LogP contribution in [0.15, 0.2) is 54.3 Å². The average Bonchev–Trinajstić information content (AvgIpc) is 2.29. The predicted molar refractivity (Wildman–Crippen MR) is 62.6 cm³/mol. The van der Waals surface area contributed by atoms with Crippen molar-refractivity contribution in [3.63, 3.8) is 0 Å². The summed E-state index contributed by atoms with van der Waals surface area (Å²) < 4.78 is 0. The summed E-state index contributed by atoms with van der Waals surface area (Å²) in [5.74, 6) is -2.40. The van der Waals surface area contributed by atoms with E-state index in [-0.39, 0.29) is 5.57 Å². The first-order valence-electron chi connectivity index (χ1n) is 4.75. The Labute approximate surface area is 97.7 Å². The van der Waals surface area contributed by atoms with Gasteiger partial charge in [0, 0.05) is 18.0 Å². The number of benzene rings is 1. The van der Waals surface area contributed by atoms with Gasteiger partial charge in [-0.1, -0.05) is 18.2 Å². The van der Waals surface area contributed by atoms with Gasteiger partial charge in [0.15, 0.2) is 0 Å². The van der Waals surface area contributed by atoms with Crippen LogP contribution in [0.4, 0.5) is 5.69 Å². The van der Waals surface area contributed by atoms with Gasteiger partial charge in [-0.05, 0) is 18.2 Å². The molecule has 0 spiro atoms. The van der Waals surface area contributed by atoms with Crippen molar-refractivity contribution in [3.8, 4) is 0 Å². The summed E-state index contributed by atoms with van der Waals surface area (Å²) in [5, 5.41) is 20.0. The zero-order valence-electron chi connectivity index (χ0n) is 8.83. The first-order chi connectivity index (χ1) is 8.09. The molecular weight excluding hydrogens is 222 g/mol.